The number of ketones is 1. The predicted octanol–water partition coefficient (Wildman–Crippen LogP) is 3.59. The van der Waals surface area contributed by atoms with Gasteiger partial charge in [-0.25, -0.2) is 0 Å². The van der Waals surface area contributed by atoms with Gasteiger partial charge in [-0.1, -0.05) is 28.1 Å². The molecule has 0 amide bonds. The van der Waals surface area contributed by atoms with Crippen LogP contribution >= 0.6 is 38.5 Å². The molecule has 0 unspecified atom stereocenters. The van der Waals surface area contributed by atoms with E-state index >= 15 is 0 Å². The van der Waals surface area contributed by atoms with Gasteiger partial charge in [0.2, 0.25) is 5.82 Å². The number of hydrogen-bond acceptors (Lipinski definition) is 4. The minimum Gasteiger partial charge on any atom is -0.292 e. The highest BCUT2D eigenvalue weighted by Gasteiger charge is 2.11. The smallest absolute Gasteiger partial charge is 0.204 e. The lowest BCUT2D eigenvalue weighted by atomic mass is 10.1. The zero-order chi connectivity index (χ0) is 15.5. The highest BCUT2D eigenvalue weighted by molar-refractivity contribution is 14.1. The minimum absolute atomic E-state index is 0.0452. The molecule has 0 saturated carbocycles. The van der Waals surface area contributed by atoms with Crippen LogP contribution in [0.1, 0.15) is 10.4 Å². The van der Waals surface area contributed by atoms with E-state index in [9.17, 15) is 4.79 Å². The Morgan fingerprint density at radius 2 is 1.77 bits per heavy atom. The average Bonchev–Trinajstić information content (AvgIpc) is 2.97. The summed E-state index contributed by atoms with van der Waals surface area (Å²) in [6, 6.07) is 15.0. The van der Waals surface area contributed by atoms with Gasteiger partial charge in [-0.15, -0.1) is 10.2 Å². The van der Waals surface area contributed by atoms with Gasteiger partial charge in [0.25, 0.3) is 0 Å². The van der Waals surface area contributed by atoms with Gasteiger partial charge < -0.3 is 0 Å². The first-order valence-electron chi connectivity index (χ1n) is 6.44. The Morgan fingerprint density at radius 1 is 1.09 bits per heavy atom. The second-order valence-corrected chi connectivity index (χ2v) is 6.74. The number of hydrogen-bond donors (Lipinski definition) is 0. The van der Waals surface area contributed by atoms with Crippen molar-refractivity contribution in [3.63, 3.8) is 0 Å². The van der Waals surface area contributed by atoms with Crippen molar-refractivity contribution in [2.45, 2.75) is 6.54 Å². The fourth-order valence-electron chi connectivity index (χ4n) is 1.88. The van der Waals surface area contributed by atoms with Gasteiger partial charge in [0.05, 0.1) is 0 Å². The average molecular weight is 469 g/mol. The Bertz CT molecular complexity index is 799. The van der Waals surface area contributed by atoms with E-state index in [2.05, 4.69) is 53.9 Å². The number of carbonyl (C=O) groups is 1. The standard InChI is InChI=1S/C15H10BrIN4O/c16-12-5-1-11(2-6-12)15-18-20-21(19-15)9-14(22)10-3-7-13(17)8-4-10/h1-8H,9H2. The Hall–Kier alpha value is -1.61. The van der Waals surface area contributed by atoms with E-state index in [1.807, 2.05) is 36.4 Å². The van der Waals surface area contributed by atoms with Gasteiger partial charge in [0, 0.05) is 19.2 Å². The molecule has 110 valence electrons. The van der Waals surface area contributed by atoms with Gasteiger partial charge in [-0.2, -0.15) is 4.80 Å². The van der Waals surface area contributed by atoms with E-state index in [1.54, 1.807) is 12.1 Å². The molecule has 2 aromatic carbocycles. The Morgan fingerprint density at radius 3 is 2.45 bits per heavy atom. The molecule has 0 aliphatic carbocycles. The van der Waals surface area contributed by atoms with Crippen molar-refractivity contribution in [2.24, 2.45) is 0 Å². The van der Waals surface area contributed by atoms with Crippen LogP contribution in [0.25, 0.3) is 11.4 Å². The molecular formula is C15H10BrIN4O. The maximum Gasteiger partial charge on any atom is 0.204 e. The number of carbonyl (C=O) groups excluding carboxylic acids is 1. The summed E-state index contributed by atoms with van der Waals surface area (Å²) in [5, 5.41) is 12.2. The maximum atomic E-state index is 12.2. The summed E-state index contributed by atoms with van der Waals surface area (Å²) in [6.45, 7) is 0.0735. The van der Waals surface area contributed by atoms with Crippen molar-refractivity contribution in [3.05, 3.63) is 62.1 Å². The Kier molecular flexibility index (Phi) is 4.63. The molecule has 0 atom stereocenters. The molecule has 7 heteroatoms. The van der Waals surface area contributed by atoms with E-state index in [-0.39, 0.29) is 12.3 Å². The van der Waals surface area contributed by atoms with E-state index in [4.69, 9.17) is 0 Å². The van der Waals surface area contributed by atoms with E-state index in [0.29, 0.717) is 11.4 Å². The molecule has 0 radical (unpaired) electrons. The Balaban J connectivity index is 1.75. The van der Waals surface area contributed by atoms with Crippen LogP contribution in [0.2, 0.25) is 0 Å². The molecule has 1 heterocycles. The third kappa shape index (κ3) is 3.58. The number of rotatable bonds is 4. The summed E-state index contributed by atoms with van der Waals surface area (Å²) < 4.78 is 2.07. The summed E-state index contributed by atoms with van der Waals surface area (Å²) >= 11 is 5.58. The summed E-state index contributed by atoms with van der Waals surface area (Å²) in [6.07, 6.45) is 0. The van der Waals surface area contributed by atoms with Crippen molar-refractivity contribution >= 4 is 44.3 Å². The summed E-state index contributed by atoms with van der Waals surface area (Å²) in [5.74, 6) is 0.457. The largest absolute Gasteiger partial charge is 0.292 e. The SMILES string of the molecule is O=C(Cn1nnc(-c2ccc(Br)cc2)n1)c1ccc(I)cc1. The van der Waals surface area contributed by atoms with Gasteiger partial charge in [0.1, 0.15) is 6.54 Å². The minimum atomic E-state index is -0.0452. The first kappa shape index (κ1) is 15.3. The zero-order valence-electron chi connectivity index (χ0n) is 11.3. The van der Waals surface area contributed by atoms with Crippen LogP contribution in [0, 0.1) is 3.57 Å². The normalized spacial score (nSPS) is 10.6. The highest BCUT2D eigenvalue weighted by atomic mass is 127. The zero-order valence-corrected chi connectivity index (χ0v) is 15.0. The third-order valence-electron chi connectivity index (χ3n) is 3.01. The summed E-state index contributed by atoms with van der Waals surface area (Å²) in [7, 11) is 0. The fourth-order valence-corrected chi connectivity index (χ4v) is 2.50. The molecule has 0 spiro atoms. The number of aromatic nitrogens is 4. The molecule has 0 aliphatic rings. The van der Waals surface area contributed by atoms with E-state index < -0.39 is 0 Å². The van der Waals surface area contributed by atoms with Gasteiger partial charge in [-0.05, 0) is 64.2 Å². The van der Waals surface area contributed by atoms with Crippen LogP contribution in [0.15, 0.2) is 53.0 Å². The first-order valence-corrected chi connectivity index (χ1v) is 8.31. The second-order valence-electron chi connectivity index (χ2n) is 4.58. The number of nitrogens with zero attached hydrogens (tertiary/aromatic N) is 4. The lowest BCUT2D eigenvalue weighted by Gasteiger charge is -2.00. The molecule has 3 rings (SSSR count). The number of benzene rings is 2. The molecule has 0 N–H and O–H groups in total. The van der Waals surface area contributed by atoms with Crippen LogP contribution in [0.3, 0.4) is 0 Å². The molecule has 0 fully saturated rings. The fraction of sp³-hybridized carbons (Fsp3) is 0.0667. The van der Waals surface area contributed by atoms with Crippen molar-refractivity contribution < 1.29 is 4.79 Å². The van der Waals surface area contributed by atoms with Crippen molar-refractivity contribution in [3.8, 4) is 11.4 Å². The molecule has 0 aliphatic heterocycles. The predicted molar refractivity (Wildman–Crippen MR) is 94.4 cm³/mol. The molecule has 1 aromatic heterocycles. The van der Waals surface area contributed by atoms with Crippen LogP contribution in [0.5, 0.6) is 0 Å². The number of halogens is 2. The van der Waals surface area contributed by atoms with Crippen LogP contribution < -0.4 is 0 Å². The van der Waals surface area contributed by atoms with Crippen molar-refractivity contribution in [1.82, 2.24) is 20.2 Å². The van der Waals surface area contributed by atoms with E-state index in [0.717, 1.165) is 13.6 Å². The lowest BCUT2D eigenvalue weighted by molar-refractivity contribution is 0.0961. The number of tetrazole rings is 1. The van der Waals surface area contributed by atoms with Crippen molar-refractivity contribution in [1.29, 1.82) is 0 Å². The molecular weight excluding hydrogens is 459 g/mol. The molecule has 0 bridgehead atoms. The van der Waals surface area contributed by atoms with Gasteiger partial charge >= 0.3 is 0 Å². The van der Waals surface area contributed by atoms with E-state index in [1.165, 1.54) is 4.80 Å². The molecule has 5 nitrogen and oxygen atoms in total. The topological polar surface area (TPSA) is 60.7 Å². The second kappa shape index (κ2) is 6.66. The summed E-state index contributed by atoms with van der Waals surface area (Å²) in [5.41, 5.74) is 1.50. The van der Waals surface area contributed by atoms with Crippen LogP contribution in [-0.4, -0.2) is 26.0 Å². The van der Waals surface area contributed by atoms with Gasteiger partial charge in [0.15, 0.2) is 5.78 Å². The molecule has 22 heavy (non-hydrogen) atoms. The summed E-state index contributed by atoms with van der Waals surface area (Å²) in [4.78, 5) is 13.5. The molecule has 3 aromatic rings. The Labute approximate surface area is 149 Å². The number of Topliss-reactive ketones (excluding diaryl/α,β-unsaturated/α-hetero) is 1. The molecule has 0 saturated heterocycles. The van der Waals surface area contributed by atoms with Gasteiger partial charge in [-0.3, -0.25) is 4.79 Å². The monoisotopic (exact) mass is 468 g/mol. The lowest BCUT2D eigenvalue weighted by Crippen LogP contribution is -2.13. The maximum absolute atomic E-state index is 12.2. The van der Waals surface area contributed by atoms with Crippen LogP contribution in [-0.2, 0) is 6.54 Å². The van der Waals surface area contributed by atoms with Crippen molar-refractivity contribution in [2.75, 3.05) is 0 Å². The first-order chi connectivity index (χ1) is 10.6. The third-order valence-corrected chi connectivity index (χ3v) is 4.25. The van der Waals surface area contributed by atoms with Crippen LogP contribution in [0.4, 0.5) is 0 Å². The quantitative estimate of drug-likeness (QED) is 0.433. The highest BCUT2D eigenvalue weighted by Crippen LogP contribution is 2.17.